The van der Waals surface area contributed by atoms with E-state index in [1.54, 1.807) is 19.2 Å². The number of hydrogen-bond acceptors (Lipinski definition) is 1. The molecule has 0 saturated carbocycles. The van der Waals surface area contributed by atoms with Crippen molar-refractivity contribution in [1.82, 2.24) is 5.32 Å². The molecule has 19 heavy (non-hydrogen) atoms. The van der Waals surface area contributed by atoms with Gasteiger partial charge in [0.1, 0.15) is 11.6 Å². The summed E-state index contributed by atoms with van der Waals surface area (Å²) < 4.78 is 27.4. The molecule has 1 atom stereocenters. The average molecular weight is 326 g/mol. The fourth-order valence-corrected chi connectivity index (χ4v) is 2.65. The Morgan fingerprint density at radius 2 is 1.63 bits per heavy atom. The predicted molar refractivity (Wildman–Crippen MR) is 76.1 cm³/mol. The highest BCUT2D eigenvalue weighted by Crippen LogP contribution is 2.30. The average Bonchev–Trinajstić information content (AvgIpc) is 2.36. The van der Waals surface area contributed by atoms with E-state index in [2.05, 4.69) is 21.2 Å². The maximum Gasteiger partial charge on any atom is 0.123 e. The van der Waals surface area contributed by atoms with Crippen LogP contribution in [0.2, 0.25) is 0 Å². The minimum atomic E-state index is -0.293. The molecule has 0 heterocycles. The summed E-state index contributed by atoms with van der Waals surface area (Å²) in [4.78, 5) is 0. The lowest BCUT2D eigenvalue weighted by Gasteiger charge is -2.21. The van der Waals surface area contributed by atoms with Gasteiger partial charge in [-0.25, -0.2) is 8.78 Å². The normalized spacial score (nSPS) is 12.5. The quantitative estimate of drug-likeness (QED) is 0.884. The summed E-state index contributed by atoms with van der Waals surface area (Å²) in [6.07, 6.45) is 0. The highest BCUT2D eigenvalue weighted by molar-refractivity contribution is 9.10. The van der Waals surface area contributed by atoms with Crippen molar-refractivity contribution in [2.45, 2.75) is 13.0 Å². The maximum atomic E-state index is 13.4. The van der Waals surface area contributed by atoms with Gasteiger partial charge in [0.2, 0.25) is 0 Å². The first-order valence-electron chi connectivity index (χ1n) is 5.91. The van der Waals surface area contributed by atoms with E-state index < -0.39 is 0 Å². The summed E-state index contributed by atoms with van der Waals surface area (Å²) >= 11 is 3.43. The standard InChI is InChI=1S/C15H14BrF2N/c1-9-7-10(17)3-5-12(9)15(19-2)13-8-11(18)4-6-14(13)16/h3-8,15,19H,1-2H3. The van der Waals surface area contributed by atoms with Crippen molar-refractivity contribution in [1.29, 1.82) is 0 Å². The summed E-state index contributed by atoms with van der Waals surface area (Å²) in [5, 5.41) is 3.14. The molecular formula is C15H14BrF2N. The van der Waals surface area contributed by atoms with Crippen molar-refractivity contribution < 1.29 is 8.78 Å². The maximum absolute atomic E-state index is 13.4. The molecule has 0 bridgehead atoms. The number of rotatable bonds is 3. The Hall–Kier alpha value is -1.26. The minimum absolute atomic E-state index is 0.189. The first-order chi connectivity index (χ1) is 9.02. The molecule has 2 aromatic rings. The third-order valence-corrected chi connectivity index (χ3v) is 3.82. The highest BCUT2D eigenvalue weighted by atomic mass is 79.9. The van der Waals surface area contributed by atoms with E-state index >= 15 is 0 Å². The van der Waals surface area contributed by atoms with Crippen LogP contribution in [-0.2, 0) is 0 Å². The van der Waals surface area contributed by atoms with Gasteiger partial charge in [0.15, 0.2) is 0 Å². The van der Waals surface area contributed by atoms with E-state index in [1.807, 2.05) is 6.92 Å². The van der Waals surface area contributed by atoms with Gasteiger partial charge in [0.25, 0.3) is 0 Å². The summed E-state index contributed by atoms with van der Waals surface area (Å²) in [6.45, 7) is 1.84. The number of hydrogen-bond donors (Lipinski definition) is 1. The van der Waals surface area contributed by atoms with E-state index in [9.17, 15) is 8.78 Å². The molecule has 0 radical (unpaired) electrons. The van der Waals surface area contributed by atoms with E-state index in [1.165, 1.54) is 24.3 Å². The van der Waals surface area contributed by atoms with E-state index in [0.29, 0.717) is 0 Å². The Bertz CT molecular complexity index is 599. The zero-order valence-electron chi connectivity index (χ0n) is 10.7. The zero-order valence-corrected chi connectivity index (χ0v) is 12.3. The van der Waals surface area contributed by atoms with Crippen LogP contribution in [0.5, 0.6) is 0 Å². The summed E-state index contributed by atoms with van der Waals surface area (Å²) in [5.74, 6) is -0.562. The van der Waals surface area contributed by atoms with E-state index in [-0.39, 0.29) is 17.7 Å². The van der Waals surface area contributed by atoms with Gasteiger partial charge < -0.3 is 5.32 Å². The van der Waals surface area contributed by atoms with E-state index in [0.717, 1.165) is 21.2 Å². The Balaban J connectivity index is 2.52. The van der Waals surface area contributed by atoms with Crippen molar-refractivity contribution in [3.63, 3.8) is 0 Å². The van der Waals surface area contributed by atoms with Crippen molar-refractivity contribution in [3.05, 3.63) is 69.2 Å². The van der Waals surface area contributed by atoms with Gasteiger partial charge in [-0.2, -0.15) is 0 Å². The molecule has 4 heteroatoms. The molecule has 0 aliphatic heterocycles. The van der Waals surface area contributed by atoms with Crippen LogP contribution >= 0.6 is 15.9 Å². The second-order valence-corrected chi connectivity index (χ2v) is 5.24. The van der Waals surface area contributed by atoms with Crippen LogP contribution in [0.15, 0.2) is 40.9 Å². The van der Waals surface area contributed by atoms with Gasteiger partial charge in [-0.3, -0.25) is 0 Å². The molecule has 2 aromatic carbocycles. The molecule has 1 N–H and O–H groups in total. The first-order valence-corrected chi connectivity index (χ1v) is 6.70. The Kier molecular flexibility index (Phi) is 4.32. The summed E-state index contributed by atoms with van der Waals surface area (Å²) in [7, 11) is 1.80. The second-order valence-electron chi connectivity index (χ2n) is 4.39. The largest absolute Gasteiger partial charge is 0.309 e. The monoisotopic (exact) mass is 325 g/mol. The van der Waals surface area contributed by atoms with Crippen LogP contribution < -0.4 is 5.32 Å². The van der Waals surface area contributed by atoms with Crippen molar-refractivity contribution in [3.8, 4) is 0 Å². The zero-order chi connectivity index (χ0) is 14.0. The fourth-order valence-electron chi connectivity index (χ4n) is 2.18. The third kappa shape index (κ3) is 3.01. The first kappa shape index (κ1) is 14.2. The van der Waals surface area contributed by atoms with Crippen LogP contribution in [0.4, 0.5) is 8.78 Å². The van der Waals surface area contributed by atoms with Crippen molar-refractivity contribution in [2.24, 2.45) is 0 Å². The third-order valence-electron chi connectivity index (χ3n) is 3.10. The lowest BCUT2D eigenvalue weighted by atomic mass is 9.95. The van der Waals surface area contributed by atoms with Crippen molar-refractivity contribution in [2.75, 3.05) is 7.05 Å². The Morgan fingerprint density at radius 1 is 1.00 bits per heavy atom. The lowest BCUT2D eigenvalue weighted by Crippen LogP contribution is -2.19. The number of nitrogens with one attached hydrogen (secondary N) is 1. The molecule has 0 aliphatic carbocycles. The van der Waals surface area contributed by atoms with Crippen LogP contribution in [0.25, 0.3) is 0 Å². The molecule has 0 saturated heterocycles. The SMILES string of the molecule is CNC(c1ccc(F)cc1C)c1cc(F)ccc1Br. The molecule has 1 nitrogen and oxygen atoms in total. The summed E-state index contributed by atoms with van der Waals surface area (Å²) in [6, 6.07) is 8.99. The lowest BCUT2D eigenvalue weighted by molar-refractivity contribution is 0.610. The van der Waals surface area contributed by atoms with Crippen LogP contribution in [0, 0.1) is 18.6 Å². The highest BCUT2D eigenvalue weighted by Gasteiger charge is 2.17. The number of benzene rings is 2. The molecule has 0 aromatic heterocycles. The van der Waals surface area contributed by atoms with Gasteiger partial charge in [0.05, 0.1) is 6.04 Å². The van der Waals surface area contributed by atoms with Crippen LogP contribution in [0.1, 0.15) is 22.7 Å². The number of aryl methyl sites for hydroxylation is 1. The smallest absolute Gasteiger partial charge is 0.123 e. The topological polar surface area (TPSA) is 12.0 Å². The van der Waals surface area contributed by atoms with Gasteiger partial charge in [-0.15, -0.1) is 0 Å². The van der Waals surface area contributed by atoms with Crippen LogP contribution in [-0.4, -0.2) is 7.05 Å². The minimum Gasteiger partial charge on any atom is -0.309 e. The Morgan fingerprint density at radius 3 is 2.26 bits per heavy atom. The fraction of sp³-hybridized carbons (Fsp3) is 0.200. The molecule has 0 fully saturated rings. The van der Waals surface area contributed by atoms with Gasteiger partial charge in [-0.05, 0) is 61.0 Å². The molecule has 0 spiro atoms. The summed E-state index contributed by atoms with van der Waals surface area (Å²) in [5.41, 5.74) is 2.54. The van der Waals surface area contributed by atoms with Gasteiger partial charge in [-0.1, -0.05) is 22.0 Å². The van der Waals surface area contributed by atoms with Crippen molar-refractivity contribution >= 4 is 15.9 Å². The van der Waals surface area contributed by atoms with Gasteiger partial charge >= 0.3 is 0 Å². The van der Waals surface area contributed by atoms with Crippen LogP contribution in [0.3, 0.4) is 0 Å². The second kappa shape index (κ2) is 5.80. The molecular weight excluding hydrogens is 312 g/mol. The Labute approximate surface area is 119 Å². The number of halogens is 3. The van der Waals surface area contributed by atoms with E-state index in [4.69, 9.17) is 0 Å². The molecule has 2 rings (SSSR count). The molecule has 0 aliphatic rings. The van der Waals surface area contributed by atoms with Gasteiger partial charge in [0, 0.05) is 4.47 Å². The molecule has 0 amide bonds. The molecule has 100 valence electrons. The predicted octanol–water partition coefficient (Wildman–Crippen LogP) is 4.34. The molecule has 1 unspecified atom stereocenters.